The lowest BCUT2D eigenvalue weighted by Gasteiger charge is -2.18. The summed E-state index contributed by atoms with van der Waals surface area (Å²) in [5.41, 5.74) is 4.50. The first kappa shape index (κ1) is 23.3. The van der Waals surface area contributed by atoms with Crippen molar-refractivity contribution in [2.75, 3.05) is 0 Å². The molecular formula is C29H25ClN4O3. The number of carbonyl (C=O) groups is 1. The third-order valence-corrected chi connectivity index (χ3v) is 7.38. The number of aryl methyl sites for hydroxylation is 1. The minimum atomic E-state index is -0.987. The fourth-order valence-corrected chi connectivity index (χ4v) is 5.37. The van der Waals surface area contributed by atoms with Gasteiger partial charge in [-0.15, -0.1) is 0 Å². The molecule has 0 radical (unpaired) electrons. The molecule has 0 aliphatic heterocycles. The van der Waals surface area contributed by atoms with E-state index in [4.69, 9.17) is 11.6 Å². The minimum absolute atomic E-state index is 0.181. The molecule has 1 N–H and O–H groups in total. The first-order valence-corrected chi connectivity index (χ1v) is 12.7. The zero-order valence-electron chi connectivity index (χ0n) is 20.3. The second kappa shape index (κ2) is 8.78. The highest BCUT2D eigenvalue weighted by Gasteiger charge is 2.49. The standard InChI is InChI=1S/C29H25ClN4O3/c1-2-14-32-18-21(17-31-32)19-6-9-24(10-7-19)33-26-16-23(30)8-11-25(26)34(28(33)37)29(12-13-29)22-5-3-4-20(15-22)27(35)36/h3-11,15-18H,2,12-14H2,1H3,(H,35,36). The van der Waals surface area contributed by atoms with Crippen LogP contribution in [0.1, 0.15) is 42.1 Å². The second-order valence-corrected chi connectivity index (χ2v) is 9.98. The van der Waals surface area contributed by atoms with Gasteiger partial charge in [0.15, 0.2) is 0 Å². The zero-order valence-corrected chi connectivity index (χ0v) is 21.0. The maximum Gasteiger partial charge on any atom is 0.335 e. The lowest BCUT2D eigenvalue weighted by atomic mass is 10.0. The lowest BCUT2D eigenvalue weighted by Crippen LogP contribution is -2.32. The van der Waals surface area contributed by atoms with Crippen molar-refractivity contribution in [2.45, 2.75) is 38.3 Å². The summed E-state index contributed by atoms with van der Waals surface area (Å²) >= 11 is 6.38. The first-order chi connectivity index (χ1) is 17.9. The van der Waals surface area contributed by atoms with E-state index in [2.05, 4.69) is 12.0 Å². The SMILES string of the molecule is CCCn1cc(-c2ccc(-n3c(=O)n(C4(c5cccc(C(=O)O)c5)CC4)c4ccc(Cl)cc43)cc2)cn1. The molecule has 1 aliphatic rings. The predicted molar refractivity (Wildman–Crippen MR) is 144 cm³/mol. The van der Waals surface area contributed by atoms with Gasteiger partial charge in [0, 0.05) is 23.3 Å². The van der Waals surface area contributed by atoms with E-state index in [-0.39, 0.29) is 11.3 Å². The van der Waals surface area contributed by atoms with Gasteiger partial charge in [-0.2, -0.15) is 5.10 Å². The number of aromatic carboxylic acids is 1. The molecule has 5 aromatic rings. The molecule has 7 nitrogen and oxygen atoms in total. The quantitative estimate of drug-likeness (QED) is 0.292. The average molecular weight is 513 g/mol. The normalized spacial score (nSPS) is 14.2. The van der Waals surface area contributed by atoms with Crippen LogP contribution >= 0.6 is 11.6 Å². The third-order valence-electron chi connectivity index (χ3n) is 7.15. The molecule has 0 unspecified atom stereocenters. The number of aromatic nitrogens is 4. The van der Waals surface area contributed by atoms with E-state index >= 15 is 0 Å². The highest BCUT2D eigenvalue weighted by atomic mass is 35.5. The van der Waals surface area contributed by atoms with Crippen molar-refractivity contribution in [2.24, 2.45) is 0 Å². The van der Waals surface area contributed by atoms with Crippen LogP contribution in [-0.2, 0) is 12.1 Å². The number of hydrogen-bond donors (Lipinski definition) is 1. The summed E-state index contributed by atoms with van der Waals surface area (Å²) in [7, 11) is 0. The van der Waals surface area contributed by atoms with Crippen molar-refractivity contribution in [1.29, 1.82) is 0 Å². The fourth-order valence-electron chi connectivity index (χ4n) is 5.20. The van der Waals surface area contributed by atoms with Gasteiger partial charge in [0.1, 0.15) is 0 Å². The predicted octanol–water partition coefficient (Wildman–Crippen LogP) is 5.95. The van der Waals surface area contributed by atoms with Gasteiger partial charge >= 0.3 is 11.7 Å². The van der Waals surface area contributed by atoms with Gasteiger partial charge in [0.05, 0.1) is 34.0 Å². The Hall–Kier alpha value is -4.10. The lowest BCUT2D eigenvalue weighted by molar-refractivity contribution is 0.0696. The maximum absolute atomic E-state index is 14.1. The molecule has 3 aromatic carbocycles. The monoisotopic (exact) mass is 512 g/mol. The Morgan fingerprint density at radius 2 is 1.81 bits per heavy atom. The van der Waals surface area contributed by atoms with E-state index in [9.17, 15) is 14.7 Å². The molecule has 0 amide bonds. The summed E-state index contributed by atoms with van der Waals surface area (Å²) in [5, 5.41) is 14.5. The number of rotatable bonds is 7. The van der Waals surface area contributed by atoms with Gasteiger partial charge < -0.3 is 5.11 Å². The van der Waals surface area contributed by atoms with E-state index in [1.54, 1.807) is 34.9 Å². The van der Waals surface area contributed by atoms with Gasteiger partial charge in [0.2, 0.25) is 0 Å². The largest absolute Gasteiger partial charge is 0.478 e. The van der Waals surface area contributed by atoms with Crippen LogP contribution in [0.2, 0.25) is 5.02 Å². The van der Waals surface area contributed by atoms with Crippen molar-refractivity contribution in [3.8, 4) is 16.8 Å². The fraction of sp³-hybridized carbons (Fsp3) is 0.207. The number of halogens is 1. The minimum Gasteiger partial charge on any atom is -0.478 e. The number of benzene rings is 3. The molecule has 0 saturated heterocycles. The van der Waals surface area contributed by atoms with Crippen LogP contribution < -0.4 is 5.69 Å². The molecule has 186 valence electrons. The number of carboxylic acids is 1. The van der Waals surface area contributed by atoms with Crippen LogP contribution in [0, 0.1) is 0 Å². The summed E-state index contributed by atoms with van der Waals surface area (Å²) in [6, 6.07) is 20.2. The molecule has 0 spiro atoms. The highest BCUT2D eigenvalue weighted by molar-refractivity contribution is 6.31. The van der Waals surface area contributed by atoms with E-state index < -0.39 is 11.5 Å². The van der Waals surface area contributed by atoms with Gasteiger partial charge in [0.25, 0.3) is 0 Å². The Morgan fingerprint density at radius 3 is 2.51 bits per heavy atom. The highest BCUT2D eigenvalue weighted by Crippen LogP contribution is 2.50. The summed E-state index contributed by atoms with van der Waals surface area (Å²) in [4.78, 5) is 25.7. The smallest absolute Gasteiger partial charge is 0.335 e. The van der Waals surface area contributed by atoms with Crippen LogP contribution in [-0.4, -0.2) is 30.0 Å². The second-order valence-electron chi connectivity index (χ2n) is 9.54. The van der Waals surface area contributed by atoms with Gasteiger partial charge in [-0.25, -0.2) is 9.59 Å². The third kappa shape index (κ3) is 3.86. The molecule has 0 bridgehead atoms. The molecule has 1 saturated carbocycles. The van der Waals surface area contributed by atoms with Gasteiger partial charge in [-0.3, -0.25) is 13.8 Å². The van der Waals surface area contributed by atoms with E-state index in [0.29, 0.717) is 10.5 Å². The Morgan fingerprint density at radius 1 is 1.03 bits per heavy atom. The van der Waals surface area contributed by atoms with Crippen LogP contribution in [0.25, 0.3) is 27.8 Å². The van der Waals surface area contributed by atoms with Crippen LogP contribution in [0.3, 0.4) is 0 Å². The summed E-state index contributed by atoms with van der Waals surface area (Å²) in [5.74, 6) is -0.987. The molecule has 1 aliphatic carbocycles. The Balaban J connectivity index is 1.48. The van der Waals surface area contributed by atoms with E-state index in [1.807, 2.05) is 58.0 Å². The van der Waals surface area contributed by atoms with Crippen molar-refractivity contribution >= 4 is 28.6 Å². The van der Waals surface area contributed by atoms with Crippen molar-refractivity contribution in [3.05, 3.63) is 106 Å². The molecule has 0 atom stereocenters. The van der Waals surface area contributed by atoms with Crippen LogP contribution in [0.5, 0.6) is 0 Å². The molecule has 1 fully saturated rings. The van der Waals surface area contributed by atoms with Crippen molar-refractivity contribution < 1.29 is 9.90 Å². The summed E-state index contributed by atoms with van der Waals surface area (Å²) in [6.45, 7) is 2.98. The van der Waals surface area contributed by atoms with Gasteiger partial charge in [-0.1, -0.05) is 42.8 Å². The summed E-state index contributed by atoms with van der Waals surface area (Å²) < 4.78 is 5.42. The number of fused-ring (bicyclic) bond motifs is 1. The van der Waals surface area contributed by atoms with Gasteiger partial charge in [-0.05, 0) is 72.9 Å². The van der Waals surface area contributed by atoms with Crippen molar-refractivity contribution in [1.82, 2.24) is 18.9 Å². The number of carboxylic acid groups (broad SMARTS) is 1. The molecule has 2 aromatic heterocycles. The topological polar surface area (TPSA) is 82.0 Å². The van der Waals surface area contributed by atoms with E-state index in [1.165, 1.54) is 0 Å². The van der Waals surface area contributed by atoms with E-state index in [0.717, 1.165) is 53.7 Å². The number of nitrogens with zero attached hydrogens (tertiary/aromatic N) is 4. The zero-order chi connectivity index (χ0) is 25.7. The molecule has 2 heterocycles. The van der Waals surface area contributed by atoms with Crippen LogP contribution in [0.15, 0.2) is 83.9 Å². The number of hydrogen-bond acceptors (Lipinski definition) is 3. The molecular weight excluding hydrogens is 488 g/mol. The first-order valence-electron chi connectivity index (χ1n) is 12.3. The maximum atomic E-state index is 14.1. The Labute approximate surface area is 218 Å². The number of imidazole rings is 1. The Kier molecular flexibility index (Phi) is 5.53. The Bertz CT molecular complexity index is 1710. The average Bonchev–Trinajstić information content (AvgIpc) is 3.46. The summed E-state index contributed by atoms with van der Waals surface area (Å²) in [6.07, 6.45) is 6.39. The molecule has 6 rings (SSSR count). The molecule has 37 heavy (non-hydrogen) atoms. The molecule has 8 heteroatoms. The van der Waals surface area contributed by atoms with Crippen LogP contribution in [0.4, 0.5) is 0 Å². The van der Waals surface area contributed by atoms with Crippen molar-refractivity contribution in [3.63, 3.8) is 0 Å².